The number of halogens is 2. The molecule has 0 aliphatic carbocycles. The van der Waals surface area contributed by atoms with Crippen LogP contribution in [0.15, 0.2) is 29.3 Å². The molecule has 0 saturated heterocycles. The largest absolute Gasteiger partial charge is 0.380 e. The average molecular weight is 423 g/mol. The smallest absolute Gasteiger partial charge is 0.191 e. The van der Waals surface area contributed by atoms with Gasteiger partial charge < -0.3 is 15.4 Å². The molecule has 2 N–H and O–H groups in total. The van der Waals surface area contributed by atoms with Crippen LogP contribution in [0.2, 0.25) is 0 Å². The Labute approximate surface area is 149 Å². The SMILES string of the molecule is CN=C(NCCOCCC(C)C)NCc1ccc(F)cc1.I. The van der Waals surface area contributed by atoms with E-state index in [4.69, 9.17) is 4.74 Å². The molecule has 0 aliphatic rings. The van der Waals surface area contributed by atoms with Gasteiger partial charge in [-0.1, -0.05) is 26.0 Å². The van der Waals surface area contributed by atoms with Crippen LogP contribution >= 0.6 is 24.0 Å². The Kier molecular flexibility index (Phi) is 12.1. The number of benzene rings is 1. The topological polar surface area (TPSA) is 45.7 Å². The summed E-state index contributed by atoms with van der Waals surface area (Å²) < 4.78 is 18.3. The highest BCUT2D eigenvalue weighted by molar-refractivity contribution is 14.0. The molecular formula is C16H27FIN3O. The van der Waals surface area contributed by atoms with E-state index in [0.29, 0.717) is 31.6 Å². The van der Waals surface area contributed by atoms with Crippen LogP contribution in [0, 0.1) is 11.7 Å². The summed E-state index contributed by atoms with van der Waals surface area (Å²) in [4.78, 5) is 4.13. The number of nitrogens with zero attached hydrogens (tertiary/aromatic N) is 1. The van der Waals surface area contributed by atoms with Gasteiger partial charge in [0.2, 0.25) is 0 Å². The molecule has 0 amide bonds. The van der Waals surface area contributed by atoms with Crippen molar-refractivity contribution in [2.75, 3.05) is 26.8 Å². The molecule has 6 heteroatoms. The number of ether oxygens (including phenoxy) is 1. The van der Waals surface area contributed by atoms with Gasteiger partial charge in [-0.3, -0.25) is 4.99 Å². The summed E-state index contributed by atoms with van der Waals surface area (Å²) in [6.07, 6.45) is 1.08. The van der Waals surface area contributed by atoms with Crippen LogP contribution in [-0.4, -0.2) is 32.8 Å². The predicted molar refractivity (Wildman–Crippen MR) is 100 cm³/mol. The van der Waals surface area contributed by atoms with E-state index in [9.17, 15) is 4.39 Å². The number of guanidine groups is 1. The van der Waals surface area contributed by atoms with Crippen LogP contribution in [0.4, 0.5) is 4.39 Å². The summed E-state index contributed by atoms with van der Waals surface area (Å²) in [5.74, 6) is 1.16. The predicted octanol–water partition coefficient (Wildman–Crippen LogP) is 3.17. The maximum atomic E-state index is 12.8. The minimum Gasteiger partial charge on any atom is -0.380 e. The fourth-order valence-corrected chi connectivity index (χ4v) is 1.67. The lowest BCUT2D eigenvalue weighted by Gasteiger charge is -2.12. The first-order valence-corrected chi connectivity index (χ1v) is 7.38. The maximum Gasteiger partial charge on any atom is 0.191 e. The molecule has 0 atom stereocenters. The van der Waals surface area contributed by atoms with E-state index >= 15 is 0 Å². The molecule has 0 radical (unpaired) electrons. The van der Waals surface area contributed by atoms with E-state index in [1.54, 1.807) is 19.2 Å². The monoisotopic (exact) mass is 423 g/mol. The maximum absolute atomic E-state index is 12.8. The van der Waals surface area contributed by atoms with Gasteiger partial charge in [-0.2, -0.15) is 0 Å². The quantitative estimate of drug-likeness (QED) is 0.292. The third-order valence-corrected chi connectivity index (χ3v) is 2.98. The summed E-state index contributed by atoms with van der Waals surface area (Å²) in [7, 11) is 1.72. The van der Waals surface area contributed by atoms with Gasteiger partial charge in [-0.25, -0.2) is 4.39 Å². The molecule has 0 aromatic heterocycles. The Morgan fingerprint density at radius 3 is 2.45 bits per heavy atom. The molecule has 0 spiro atoms. The minimum absolute atomic E-state index is 0. The highest BCUT2D eigenvalue weighted by Crippen LogP contribution is 2.01. The number of nitrogens with one attached hydrogen (secondary N) is 2. The molecule has 0 heterocycles. The van der Waals surface area contributed by atoms with E-state index in [1.807, 2.05) is 0 Å². The number of aliphatic imine (C=N–C) groups is 1. The number of rotatable bonds is 8. The normalized spacial score (nSPS) is 11.2. The van der Waals surface area contributed by atoms with Gasteiger partial charge in [-0.15, -0.1) is 24.0 Å². The molecule has 0 bridgehead atoms. The third-order valence-electron chi connectivity index (χ3n) is 2.98. The summed E-state index contributed by atoms with van der Waals surface area (Å²) in [5, 5.41) is 6.35. The Bertz CT molecular complexity index is 424. The van der Waals surface area contributed by atoms with Crippen LogP contribution in [0.25, 0.3) is 0 Å². The lowest BCUT2D eigenvalue weighted by molar-refractivity contribution is 0.128. The second-order valence-corrected chi connectivity index (χ2v) is 5.27. The van der Waals surface area contributed by atoms with E-state index in [-0.39, 0.29) is 29.8 Å². The van der Waals surface area contributed by atoms with Crippen LogP contribution in [0.5, 0.6) is 0 Å². The van der Waals surface area contributed by atoms with E-state index in [1.165, 1.54) is 12.1 Å². The fraction of sp³-hybridized carbons (Fsp3) is 0.562. The van der Waals surface area contributed by atoms with E-state index in [2.05, 4.69) is 29.5 Å². The van der Waals surface area contributed by atoms with Gasteiger partial charge in [-0.05, 0) is 30.0 Å². The first-order valence-electron chi connectivity index (χ1n) is 7.38. The van der Waals surface area contributed by atoms with Gasteiger partial charge in [0.25, 0.3) is 0 Å². The fourth-order valence-electron chi connectivity index (χ4n) is 1.67. The first kappa shape index (κ1) is 21.1. The summed E-state index contributed by atoms with van der Waals surface area (Å²) >= 11 is 0. The lowest BCUT2D eigenvalue weighted by Crippen LogP contribution is -2.38. The Morgan fingerprint density at radius 2 is 1.86 bits per heavy atom. The van der Waals surface area contributed by atoms with Crippen molar-refractivity contribution in [2.24, 2.45) is 10.9 Å². The third kappa shape index (κ3) is 9.94. The second-order valence-electron chi connectivity index (χ2n) is 5.27. The van der Waals surface area contributed by atoms with Gasteiger partial charge in [0.1, 0.15) is 5.82 Å². The molecule has 0 unspecified atom stereocenters. The molecule has 0 aliphatic heterocycles. The van der Waals surface area contributed by atoms with E-state index < -0.39 is 0 Å². The van der Waals surface area contributed by atoms with Gasteiger partial charge in [0, 0.05) is 26.7 Å². The zero-order chi connectivity index (χ0) is 15.5. The first-order chi connectivity index (χ1) is 10.1. The Balaban J connectivity index is 0.00000441. The van der Waals surface area contributed by atoms with Crippen molar-refractivity contribution in [3.05, 3.63) is 35.6 Å². The van der Waals surface area contributed by atoms with Crippen molar-refractivity contribution in [1.29, 1.82) is 0 Å². The number of hydrogen-bond donors (Lipinski definition) is 2. The van der Waals surface area contributed by atoms with E-state index in [0.717, 1.165) is 18.6 Å². The summed E-state index contributed by atoms with van der Waals surface area (Å²) in [5.41, 5.74) is 1.01. The second kappa shape index (κ2) is 12.6. The highest BCUT2D eigenvalue weighted by Gasteiger charge is 1.99. The van der Waals surface area contributed by atoms with Crippen molar-refractivity contribution in [2.45, 2.75) is 26.8 Å². The molecule has 1 rings (SSSR count). The van der Waals surface area contributed by atoms with Crippen molar-refractivity contribution in [1.82, 2.24) is 10.6 Å². The van der Waals surface area contributed by atoms with Crippen molar-refractivity contribution in [3.8, 4) is 0 Å². The number of hydrogen-bond acceptors (Lipinski definition) is 2. The molecule has 0 saturated carbocycles. The Hall–Kier alpha value is -0.890. The van der Waals surface area contributed by atoms with Gasteiger partial charge in [0.05, 0.1) is 6.61 Å². The summed E-state index contributed by atoms with van der Waals surface area (Å²) in [6.45, 7) is 7.13. The van der Waals surface area contributed by atoms with Crippen molar-refractivity contribution in [3.63, 3.8) is 0 Å². The van der Waals surface area contributed by atoms with Gasteiger partial charge >= 0.3 is 0 Å². The summed E-state index contributed by atoms with van der Waals surface area (Å²) in [6, 6.07) is 6.42. The van der Waals surface area contributed by atoms with Crippen LogP contribution in [0.1, 0.15) is 25.8 Å². The zero-order valence-electron chi connectivity index (χ0n) is 13.6. The standard InChI is InChI=1S/C16H26FN3O.HI/c1-13(2)8-10-21-11-9-19-16(18-3)20-12-14-4-6-15(17)7-5-14;/h4-7,13H,8-12H2,1-3H3,(H2,18,19,20);1H. The van der Waals surface area contributed by atoms with Crippen LogP contribution in [-0.2, 0) is 11.3 Å². The van der Waals surface area contributed by atoms with Gasteiger partial charge in [0.15, 0.2) is 5.96 Å². The highest BCUT2D eigenvalue weighted by atomic mass is 127. The molecule has 0 fully saturated rings. The van der Waals surface area contributed by atoms with Crippen LogP contribution < -0.4 is 10.6 Å². The van der Waals surface area contributed by atoms with Crippen molar-refractivity contribution < 1.29 is 9.13 Å². The van der Waals surface area contributed by atoms with Crippen LogP contribution in [0.3, 0.4) is 0 Å². The molecule has 1 aromatic carbocycles. The molecule has 1 aromatic rings. The lowest BCUT2D eigenvalue weighted by atomic mass is 10.1. The zero-order valence-corrected chi connectivity index (χ0v) is 15.9. The minimum atomic E-state index is -0.222. The average Bonchev–Trinajstić information content (AvgIpc) is 2.47. The Morgan fingerprint density at radius 1 is 1.18 bits per heavy atom. The molecule has 4 nitrogen and oxygen atoms in total. The molecule has 126 valence electrons. The molecule has 22 heavy (non-hydrogen) atoms. The molecular weight excluding hydrogens is 396 g/mol. The van der Waals surface area contributed by atoms with Crippen molar-refractivity contribution >= 4 is 29.9 Å².